The molecule has 122 valence electrons. The number of hydrogen-bond donors (Lipinski definition) is 2. The van der Waals surface area contributed by atoms with Crippen LogP contribution < -0.4 is 11.1 Å². The van der Waals surface area contributed by atoms with E-state index in [9.17, 15) is 4.39 Å². The van der Waals surface area contributed by atoms with Crippen LogP contribution in [0.2, 0.25) is 0 Å². The highest BCUT2D eigenvalue weighted by atomic mass is 127. The highest BCUT2D eigenvalue weighted by Crippen LogP contribution is 2.43. The topological polar surface area (TPSA) is 50.4 Å². The Morgan fingerprint density at radius 3 is 2.78 bits per heavy atom. The monoisotopic (exact) mass is 425 g/mol. The number of aryl methyl sites for hydroxylation is 1. The van der Waals surface area contributed by atoms with Crippen LogP contribution in [0.3, 0.4) is 0 Å². The van der Waals surface area contributed by atoms with Crippen molar-refractivity contribution < 1.29 is 4.39 Å². The third-order valence-corrected chi connectivity index (χ3v) is 3.95. The maximum Gasteiger partial charge on any atom is 0.193 e. The summed E-state index contributed by atoms with van der Waals surface area (Å²) in [4.78, 5) is 4.49. The quantitative estimate of drug-likeness (QED) is 0.436. The van der Waals surface area contributed by atoms with E-state index >= 15 is 0 Å². The average molecular weight is 425 g/mol. The molecule has 1 saturated carbocycles. The first-order valence-corrected chi connectivity index (χ1v) is 7.60. The van der Waals surface area contributed by atoms with Gasteiger partial charge in [0.2, 0.25) is 0 Å². The Hall–Kier alpha value is -1.63. The molecule has 3 N–H and O–H groups in total. The molecule has 23 heavy (non-hydrogen) atoms. The molecule has 0 radical (unpaired) electrons. The van der Waals surface area contributed by atoms with Crippen molar-refractivity contribution in [1.82, 2.24) is 0 Å². The van der Waals surface area contributed by atoms with E-state index in [4.69, 9.17) is 5.73 Å². The van der Waals surface area contributed by atoms with Gasteiger partial charge in [-0.05, 0) is 48.2 Å². The van der Waals surface area contributed by atoms with Crippen molar-refractivity contribution in [2.45, 2.75) is 31.7 Å². The Balaban J connectivity index is 0.00000192. The predicted molar refractivity (Wildman–Crippen MR) is 104 cm³/mol. The maximum atomic E-state index is 13.2. The van der Waals surface area contributed by atoms with Gasteiger partial charge in [0.25, 0.3) is 0 Å². The van der Waals surface area contributed by atoms with Gasteiger partial charge in [-0.25, -0.2) is 9.38 Å². The van der Waals surface area contributed by atoms with Crippen LogP contribution in [0, 0.1) is 5.82 Å². The van der Waals surface area contributed by atoms with Crippen molar-refractivity contribution in [2.75, 3.05) is 5.32 Å². The van der Waals surface area contributed by atoms with Crippen molar-refractivity contribution >= 4 is 35.6 Å². The van der Waals surface area contributed by atoms with Crippen molar-refractivity contribution in [2.24, 2.45) is 10.7 Å². The van der Waals surface area contributed by atoms with E-state index in [-0.39, 0.29) is 41.8 Å². The smallest absolute Gasteiger partial charge is 0.193 e. The molecule has 5 heteroatoms. The van der Waals surface area contributed by atoms with Crippen LogP contribution in [-0.4, -0.2) is 12.0 Å². The van der Waals surface area contributed by atoms with Gasteiger partial charge in [0.1, 0.15) is 5.82 Å². The third-order valence-electron chi connectivity index (χ3n) is 3.95. The molecule has 3 nitrogen and oxygen atoms in total. The van der Waals surface area contributed by atoms with E-state index in [0.717, 1.165) is 24.1 Å². The van der Waals surface area contributed by atoms with Crippen LogP contribution >= 0.6 is 24.0 Å². The molecule has 1 fully saturated rings. The molecule has 1 aliphatic carbocycles. The van der Waals surface area contributed by atoms with Gasteiger partial charge in [0.05, 0.1) is 6.04 Å². The second-order valence-corrected chi connectivity index (χ2v) is 5.66. The van der Waals surface area contributed by atoms with E-state index in [0.29, 0.717) is 5.96 Å². The van der Waals surface area contributed by atoms with Crippen LogP contribution in [0.5, 0.6) is 0 Å². The van der Waals surface area contributed by atoms with Crippen molar-refractivity contribution in [1.29, 1.82) is 0 Å². The molecule has 0 saturated heterocycles. The molecule has 0 aliphatic heterocycles. The summed E-state index contributed by atoms with van der Waals surface area (Å²) in [6.07, 6.45) is 1.90. The van der Waals surface area contributed by atoms with Gasteiger partial charge in [-0.1, -0.05) is 31.2 Å². The van der Waals surface area contributed by atoms with Crippen molar-refractivity contribution in [3.8, 4) is 0 Å². The molecule has 2 aromatic rings. The number of rotatable bonds is 4. The van der Waals surface area contributed by atoms with Gasteiger partial charge < -0.3 is 11.1 Å². The second-order valence-electron chi connectivity index (χ2n) is 5.66. The molecule has 0 heterocycles. The van der Waals surface area contributed by atoms with Gasteiger partial charge in [0.15, 0.2) is 5.96 Å². The number of nitrogens with two attached hydrogens (primary N) is 1. The van der Waals surface area contributed by atoms with E-state index in [1.807, 2.05) is 18.2 Å². The minimum absolute atomic E-state index is 0. The molecule has 0 bridgehead atoms. The Labute approximate surface area is 153 Å². The minimum Gasteiger partial charge on any atom is -0.370 e. The summed E-state index contributed by atoms with van der Waals surface area (Å²) >= 11 is 0. The number of nitrogens with zero attached hydrogens (tertiary/aromatic N) is 1. The number of aliphatic imine (C=N–C) groups is 1. The van der Waals surface area contributed by atoms with Crippen LogP contribution in [-0.2, 0) is 6.42 Å². The Bertz CT molecular complexity index is 702. The van der Waals surface area contributed by atoms with Crippen LogP contribution in [0.4, 0.5) is 10.1 Å². The van der Waals surface area contributed by atoms with Gasteiger partial charge in [-0.3, -0.25) is 0 Å². The molecule has 1 aliphatic rings. The first-order chi connectivity index (χ1) is 10.7. The van der Waals surface area contributed by atoms with Crippen LogP contribution in [0.25, 0.3) is 0 Å². The Morgan fingerprint density at radius 1 is 1.26 bits per heavy atom. The number of hydrogen-bond acceptors (Lipinski definition) is 1. The molecule has 2 aromatic carbocycles. The highest BCUT2D eigenvalue weighted by molar-refractivity contribution is 14.0. The minimum atomic E-state index is -0.199. The van der Waals surface area contributed by atoms with E-state index in [2.05, 4.69) is 29.4 Å². The van der Waals surface area contributed by atoms with E-state index in [1.165, 1.54) is 11.6 Å². The lowest BCUT2D eigenvalue weighted by atomic mass is 10.1. The lowest BCUT2D eigenvalue weighted by Crippen LogP contribution is -2.23. The second kappa shape index (κ2) is 7.77. The number of nitrogens with one attached hydrogen (secondary N) is 1. The molecule has 2 unspecified atom stereocenters. The zero-order chi connectivity index (χ0) is 15.5. The summed E-state index contributed by atoms with van der Waals surface area (Å²) in [5.41, 5.74) is 9.17. The number of guanidine groups is 1. The summed E-state index contributed by atoms with van der Waals surface area (Å²) in [5, 5.41) is 3.13. The molecular weight excluding hydrogens is 404 g/mol. The van der Waals surface area contributed by atoms with Crippen molar-refractivity contribution in [3.05, 3.63) is 65.5 Å². The molecule has 0 amide bonds. The summed E-state index contributed by atoms with van der Waals surface area (Å²) in [6, 6.07) is 15.0. The average Bonchev–Trinajstić information content (AvgIpc) is 3.26. The first-order valence-electron chi connectivity index (χ1n) is 7.60. The van der Waals surface area contributed by atoms with Gasteiger partial charge in [0, 0.05) is 11.6 Å². The fraction of sp³-hybridized carbons (Fsp3) is 0.278. The standard InChI is InChI=1S/C18H20FN3.HI/c1-2-12-5-3-8-15(9-12)21-18(20)22-17-11-16(17)13-6-4-7-14(19)10-13;/h3-10,16-17H,2,11H2,1H3,(H3,20,21,22);1H. The number of benzene rings is 2. The zero-order valence-corrected chi connectivity index (χ0v) is 15.3. The molecular formula is C18H21FIN3. The number of anilines is 1. The van der Waals surface area contributed by atoms with Crippen molar-refractivity contribution in [3.63, 3.8) is 0 Å². The normalized spacial score (nSPS) is 19.8. The summed E-state index contributed by atoms with van der Waals surface area (Å²) in [6.45, 7) is 2.12. The summed E-state index contributed by atoms with van der Waals surface area (Å²) in [5.74, 6) is 0.491. The van der Waals surface area contributed by atoms with E-state index < -0.39 is 0 Å². The van der Waals surface area contributed by atoms with Gasteiger partial charge in [-0.2, -0.15) is 0 Å². The SMILES string of the molecule is CCc1cccc(NC(N)=NC2CC2c2cccc(F)c2)c1.I. The fourth-order valence-corrected chi connectivity index (χ4v) is 2.65. The van der Waals surface area contributed by atoms with Gasteiger partial charge >= 0.3 is 0 Å². The fourth-order valence-electron chi connectivity index (χ4n) is 2.65. The van der Waals surface area contributed by atoms with E-state index in [1.54, 1.807) is 12.1 Å². The van der Waals surface area contributed by atoms with Gasteiger partial charge in [-0.15, -0.1) is 24.0 Å². The largest absolute Gasteiger partial charge is 0.370 e. The predicted octanol–water partition coefficient (Wildman–Crippen LogP) is 4.29. The lowest BCUT2D eigenvalue weighted by Gasteiger charge is -2.07. The first kappa shape index (κ1) is 17.7. The summed E-state index contributed by atoms with van der Waals surface area (Å²) < 4.78 is 13.2. The Morgan fingerprint density at radius 2 is 2.04 bits per heavy atom. The highest BCUT2D eigenvalue weighted by Gasteiger charge is 2.38. The Kier molecular flexibility index (Phi) is 5.98. The van der Waals surface area contributed by atoms with Crippen LogP contribution in [0.1, 0.15) is 30.4 Å². The van der Waals surface area contributed by atoms with Crippen LogP contribution in [0.15, 0.2) is 53.5 Å². The third kappa shape index (κ3) is 4.67. The lowest BCUT2D eigenvalue weighted by molar-refractivity contribution is 0.625. The molecule has 0 aromatic heterocycles. The zero-order valence-electron chi connectivity index (χ0n) is 13.0. The summed E-state index contributed by atoms with van der Waals surface area (Å²) in [7, 11) is 0. The molecule has 0 spiro atoms. The number of halogens is 2. The maximum absolute atomic E-state index is 13.2. The molecule has 3 rings (SSSR count). The molecule has 2 atom stereocenters.